The maximum Gasteiger partial charge on any atom is 0.269 e. The van der Waals surface area contributed by atoms with Gasteiger partial charge in [0.15, 0.2) is 0 Å². The molecule has 150 valence electrons. The molecule has 1 atom stereocenters. The van der Waals surface area contributed by atoms with Gasteiger partial charge in [0, 0.05) is 12.1 Å². The first-order chi connectivity index (χ1) is 12.9. The smallest absolute Gasteiger partial charge is 0.269 e. The Hall–Kier alpha value is -2.13. The van der Waals surface area contributed by atoms with Crippen LogP contribution in [0.4, 0.5) is 0 Å². The van der Waals surface area contributed by atoms with Gasteiger partial charge in [0.2, 0.25) is 10.0 Å². The first kappa shape index (κ1) is 21.2. The zero-order chi connectivity index (χ0) is 19.9. The zero-order valence-corrected chi connectivity index (χ0v) is 16.5. The largest absolute Gasteiger partial charge is 0.494 e. The highest BCUT2D eigenvalue weighted by Gasteiger charge is 2.36. The molecule has 0 bridgehead atoms. The lowest BCUT2D eigenvalue weighted by Crippen LogP contribution is -2.55. The predicted octanol–water partition coefficient (Wildman–Crippen LogP) is 1.44. The summed E-state index contributed by atoms with van der Waals surface area (Å²) in [7, 11) is -3.48. The van der Waals surface area contributed by atoms with Crippen molar-refractivity contribution in [1.82, 2.24) is 15.2 Å². The Balaban J connectivity index is 1.97. The fourth-order valence-electron chi connectivity index (χ4n) is 3.02. The molecule has 2 rings (SSSR count). The monoisotopic (exact) mass is 397 g/mol. The summed E-state index contributed by atoms with van der Waals surface area (Å²) < 4.78 is 31.4. The van der Waals surface area contributed by atoms with E-state index in [-0.39, 0.29) is 5.75 Å². The first-order valence-electron chi connectivity index (χ1n) is 9.21. The van der Waals surface area contributed by atoms with E-state index in [4.69, 9.17) is 4.74 Å². The molecule has 8 nitrogen and oxygen atoms in total. The Bertz CT molecular complexity index is 749. The molecule has 0 aromatic heterocycles. The van der Waals surface area contributed by atoms with Crippen LogP contribution in [0.25, 0.3) is 0 Å². The van der Waals surface area contributed by atoms with Crippen LogP contribution in [0.2, 0.25) is 0 Å². The number of carbonyl (C=O) groups is 2. The van der Waals surface area contributed by atoms with Gasteiger partial charge >= 0.3 is 0 Å². The Morgan fingerprint density at radius 2 is 1.85 bits per heavy atom. The van der Waals surface area contributed by atoms with Gasteiger partial charge < -0.3 is 4.74 Å². The number of hydrogen-bond acceptors (Lipinski definition) is 5. The van der Waals surface area contributed by atoms with E-state index in [0.717, 1.165) is 12.8 Å². The Kier molecular flexibility index (Phi) is 7.61. The molecule has 1 unspecified atom stereocenters. The van der Waals surface area contributed by atoms with E-state index in [1.807, 2.05) is 6.92 Å². The minimum atomic E-state index is -3.48. The number of carbonyl (C=O) groups excluding carboxylic acids is 2. The average molecular weight is 397 g/mol. The highest BCUT2D eigenvalue weighted by Crippen LogP contribution is 2.21. The molecule has 1 aromatic rings. The van der Waals surface area contributed by atoms with E-state index in [0.29, 0.717) is 37.3 Å². The predicted molar refractivity (Wildman–Crippen MR) is 102 cm³/mol. The molecular weight excluding hydrogens is 370 g/mol. The summed E-state index contributed by atoms with van der Waals surface area (Å²) in [6.45, 7) is 4.51. The topological polar surface area (TPSA) is 105 Å². The molecular formula is C18H27N3O5S. The van der Waals surface area contributed by atoms with Crippen molar-refractivity contribution < 1.29 is 22.7 Å². The van der Waals surface area contributed by atoms with E-state index >= 15 is 0 Å². The molecule has 1 aliphatic heterocycles. The molecule has 9 heteroatoms. The molecule has 1 aromatic carbocycles. The van der Waals surface area contributed by atoms with Gasteiger partial charge in [0.25, 0.3) is 11.8 Å². The molecule has 0 spiro atoms. The van der Waals surface area contributed by atoms with Gasteiger partial charge in [0.1, 0.15) is 11.8 Å². The van der Waals surface area contributed by atoms with Gasteiger partial charge in [-0.2, -0.15) is 4.31 Å². The summed E-state index contributed by atoms with van der Waals surface area (Å²) in [5.74, 6) is -0.342. The van der Waals surface area contributed by atoms with Crippen molar-refractivity contribution in [2.24, 2.45) is 0 Å². The molecule has 1 fully saturated rings. The van der Waals surface area contributed by atoms with Crippen LogP contribution in [0, 0.1) is 0 Å². The van der Waals surface area contributed by atoms with E-state index in [1.165, 1.54) is 4.31 Å². The van der Waals surface area contributed by atoms with E-state index < -0.39 is 27.9 Å². The number of hydrazine groups is 1. The molecule has 0 aliphatic carbocycles. The summed E-state index contributed by atoms with van der Waals surface area (Å²) in [4.78, 5) is 24.7. The van der Waals surface area contributed by atoms with Crippen LogP contribution in [0.5, 0.6) is 5.75 Å². The molecule has 27 heavy (non-hydrogen) atoms. The molecule has 1 aliphatic rings. The van der Waals surface area contributed by atoms with Crippen LogP contribution >= 0.6 is 0 Å². The normalized spacial score (nSPS) is 17.9. The number of hydrogen-bond donors (Lipinski definition) is 2. The summed E-state index contributed by atoms with van der Waals surface area (Å²) in [5, 5.41) is 0. The number of benzene rings is 1. The fraction of sp³-hybridized carbons (Fsp3) is 0.556. The molecule has 0 radical (unpaired) electrons. The van der Waals surface area contributed by atoms with Crippen molar-refractivity contribution >= 4 is 21.8 Å². The van der Waals surface area contributed by atoms with Gasteiger partial charge in [-0.15, -0.1) is 0 Å². The Morgan fingerprint density at radius 1 is 1.15 bits per heavy atom. The SMILES string of the molecule is CCCS(=O)(=O)N1CCCCC1C(=O)NNC(=O)c1ccc(OCC)cc1. The second-order valence-electron chi connectivity index (χ2n) is 6.34. The van der Waals surface area contributed by atoms with E-state index in [1.54, 1.807) is 31.2 Å². The van der Waals surface area contributed by atoms with Gasteiger partial charge in [-0.1, -0.05) is 13.3 Å². The number of piperidine rings is 1. The summed E-state index contributed by atoms with van der Waals surface area (Å²) in [6.07, 6.45) is 2.42. The van der Waals surface area contributed by atoms with Crippen molar-refractivity contribution in [2.75, 3.05) is 18.9 Å². The highest BCUT2D eigenvalue weighted by molar-refractivity contribution is 7.89. The lowest BCUT2D eigenvalue weighted by molar-refractivity contribution is -0.126. The van der Waals surface area contributed by atoms with Crippen molar-refractivity contribution in [3.63, 3.8) is 0 Å². The highest BCUT2D eigenvalue weighted by atomic mass is 32.2. The maximum absolute atomic E-state index is 12.5. The van der Waals surface area contributed by atoms with Gasteiger partial charge in [-0.05, 0) is 50.5 Å². The number of nitrogens with zero attached hydrogens (tertiary/aromatic N) is 1. The average Bonchev–Trinajstić information content (AvgIpc) is 2.66. The minimum absolute atomic E-state index is 0.00924. The minimum Gasteiger partial charge on any atom is -0.494 e. The first-order valence-corrected chi connectivity index (χ1v) is 10.8. The van der Waals surface area contributed by atoms with Crippen LogP contribution in [0.15, 0.2) is 24.3 Å². The van der Waals surface area contributed by atoms with Crippen LogP contribution < -0.4 is 15.6 Å². The van der Waals surface area contributed by atoms with Crippen LogP contribution in [-0.4, -0.2) is 49.5 Å². The molecule has 2 amide bonds. The molecule has 0 saturated carbocycles. The number of amides is 2. The standard InChI is InChI=1S/C18H27N3O5S/c1-3-13-27(24,25)21-12-6-5-7-16(21)18(23)20-19-17(22)14-8-10-15(11-9-14)26-4-2/h8-11,16H,3-7,12-13H2,1-2H3,(H,19,22)(H,20,23). The van der Waals surface area contributed by atoms with Crippen molar-refractivity contribution in [2.45, 2.75) is 45.6 Å². The molecule has 1 saturated heterocycles. The van der Waals surface area contributed by atoms with Crippen LogP contribution in [0.3, 0.4) is 0 Å². The maximum atomic E-state index is 12.5. The third-order valence-electron chi connectivity index (χ3n) is 4.30. The fourth-order valence-corrected chi connectivity index (χ4v) is 4.76. The summed E-state index contributed by atoms with van der Waals surface area (Å²) in [6, 6.07) is 5.72. The Labute approximate surface area is 160 Å². The number of ether oxygens (including phenoxy) is 1. The molecule has 2 N–H and O–H groups in total. The van der Waals surface area contributed by atoms with Crippen molar-refractivity contribution in [3.05, 3.63) is 29.8 Å². The third kappa shape index (κ3) is 5.67. The molecule has 1 heterocycles. The third-order valence-corrected chi connectivity index (χ3v) is 6.38. The van der Waals surface area contributed by atoms with Crippen molar-refractivity contribution in [1.29, 1.82) is 0 Å². The quantitative estimate of drug-likeness (QED) is 0.678. The second kappa shape index (κ2) is 9.70. The lowest BCUT2D eigenvalue weighted by Gasteiger charge is -2.33. The van der Waals surface area contributed by atoms with E-state index in [9.17, 15) is 18.0 Å². The zero-order valence-electron chi connectivity index (χ0n) is 15.7. The van der Waals surface area contributed by atoms with Gasteiger partial charge in [-0.25, -0.2) is 8.42 Å². The summed E-state index contributed by atoms with van der Waals surface area (Å²) >= 11 is 0. The number of rotatable bonds is 7. The van der Waals surface area contributed by atoms with Crippen molar-refractivity contribution in [3.8, 4) is 5.75 Å². The summed E-state index contributed by atoms with van der Waals surface area (Å²) in [5.41, 5.74) is 5.07. The van der Waals surface area contributed by atoms with Crippen LogP contribution in [0.1, 0.15) is 49.9 Å². The number of nitrogens with one attached hydrogen (secondary N) is 2. The Morgan fingerprint density at radius 3 is 2.48 bits per heavy atom. The van der Waals surface area contributed by atoms with Crippen LogP contribution in [-0.2, 0) is 14.8 Å². The van der Waals surface area contributed by atoms with Gasteiger partial charge in [0.05, 0.1) is 12.4 Å². The lowest BCUT2D eigenvalue weighted by atomic mass is 10.0. The number of sulfonamides is 1. The second-order valence-corrected chi connectivity index (χ2v) is 8.38. The van der Waals surface area contributed by atoms with E-state index in [2.05, 4.69) is 10.9 Å². The van der Waals surface area contributed by atoms with Gasteiger partial charge in [-0.3, -0.25) is 20.4 Å².